The zero-order chi connectivity index (χ0) is 19.2. The van der Waals surface area contributed by atoms with Crippen LogP contribution in [-0.2, 0) is 9.59 Å². The fourth-order valence-corrected chi connectivity index (χ4v) is 3.09. The number of hydrogen-bond acceptors (Lipinski definition) is 3. The average Bonchev–Trinajstić information content (AvgIpc) is 3.03. The molecule has 2 aromatic rings. The number of para-hydroxylation sites is 3. The van der Waals surface area contributed by atoms with Crippen LogP contribution in [-0.4, -0.2) is 29.8 Å². The minimum Gasteiger partial charge on any atom is -0.455 e. The van der Waals surface area contributed by atoms with Gasteiger partial charge in [0.05, 0.1) is 11.6 Å². The molecule has 1 aliphatic rings. The quantitative estimate of drug-likeness (QED) is 0.794. The predicted molar refractivity (Wildman–Crippen MR) is 106 cm³/mol. The third-order valence-corrected chi connectivity index (χ3v) is 4.68. The Morgan fingerprint density at radius 2 is 1.85 bits per heavy atom. The van der Waals surface area contributed by atoms with Crippen LogP contribution in [0.15, 0.2) is 54.6 Å². The zero-order valence-electron chi connectivity index (χ0n) is 15.9. The van der Waals surface area contributed by atoms with Gasteiger partial charge in [-0.1, -0.05) is 44.2 Å². The van der Waals surface area contributed by atoms with Gasteiger partial charge < -0.3 is 15.0 Å². The van der Waals surface area contributed by atoms with Crippen molar-refractivity contribution in [2.75, 3.05) is 18.4 Å². The first-order valence-electron chi connectivity index (χ1n) is 9.43. The molecule has 1 heterocycles. The Morgan fingerprint density at radius 3 is 2.59 bits per heavy atom. The molecule has 0 saturated carbocycles. The van der Waals surface area contributed by atoms with Gasteiger partial charge in [0.1, 0.15) is 5.75 Å². The number of hydrogen-bond donors (Lipinski definition) is 1. The first kappa shape index (κ1) is 19.0. The van der Waals surface area contributed by atoms with Crippen molar-refractivity contribution >= 4 is 17.5 Å². The van der Waals surface area contributed by atoms with Gasteiger partial charge >= 0.3 is 0 Å². The number of carbonyl (C=O) groups is 2. The Morgan fingerprint density at radius 1 is 1.15 bits per heavy atom. The van der Waals surface area contributed by atoms with Crippen molar-refractivity contribution in [3.63, 3.8) is 0 Å². The maximum atomic E-state index is 12.7. The monoisotopic (exact) mass is 366 g/mol. The van der Waals surface area contributed by atoms with E-state index in [1.807, 2.05) is 54.6 Å². The Kier molecular flexibility index (Phi) is 6.12. The Bertz CT molecular complexity index is 789. The standard InChI is InChI=1S/C22H26N2O3/c1-16(2)12-13-24-15-17(14-21(24)25)22(26)23-19-10-6-7-11-20(19)27-18-8-4-3-5-9-18/h3-11,16-17H,12-15H2,1-2H3,(H,23,26). The molecule has 3 rings (SSSR count). The van der Waals surface area contributed by atoms with Crippen LogP contribution in [0.5, 0.6) is 11.5 Å². The van der Waals surface area contributed by atoms with E-state index in [2.05, 4.69) is 19.2 Å². The van der Waals surface area contributed by atoms with E-state index in [-0.39, 0.29) is 24.2 Å². The molecule has 5 nitrogen and oxygen atoms in total. The highest BCUT2D eigenvalue weighted by Crippen LogP contribution is 2.30. The summed E-state index contributed by atoms with van der Waals surface area (Å²) >= 11 is 0. The summed E-state index contributed by atoms with van der Waals surface area (Å²) in [7, 11) is 0. The molecule has 1 fully saturated rings. The van der Waals surface area contributed by atoms with E-state index in [0.717, 1.165) is 6.42 Å². The summed E-state index contributed by atoms with van der Waals surface area (Å²) in [4.78, 5) is 26.7. The van der Waals surface area contributed by atoms with E-state index in [1.165, 1.54) is 0 Å². The summed E-state index contributed by atoms with van der Waals surface area (Å²) < 4.78 is 5.89. The highest BCUT2D eigenvalue weighted by Gasteiger charge is 2.34. The van der Waals surface area contributed by atoms with Gasteiger partial charge in [-0.3, -0.25) is 9.59 Å². The van der Waals surface area contributed by atoms with Crippen molar-refractivity contribution in [1.82, 2.24) is 4.90 Å². The minimum absolute atomic E-state index is 0.0598. The lowest BCUT2D eigenvalue weighted by Gasteiger charge is -2.18. The van der Waals surface area contributed by atoms with Crippen LogP contribution in [0.1, 0.15) is 26.7 Å². The lowest BCUT2D eigenvalue weighted by molar-refractivity contribution is -0.128. The maximum absolute atomic E-state index is 12.7. The Labute approximate surface area is 160 Å². The molecule has 1 unspecified atom stereocenters. The molecule has 142 valence electrons. The second-order valence-corrected chi connectivity index (χ2v) is 7.32. The molecule has 5 heteroatoms. The minimum atomic E-state index is -0.325. The van der Waals surface area contributed by atoms with Gasteiger partial charge in [0, 0.05) is 19.5 Å². The molecule has 0 spiro atoms. The van der Waals surface area contributed by atoms with E-state index >= 15 is 0 Å². The summed E-state index contributed by atoms with van der Waals surface area (Å²) in [6.07, 6.45) is 1.22. The lowest BCUT2D eigenvalue weighted by atomic mass is 10.1. The fraction of sp³-hybridized carbons (Fsp3) is 0.364. The number of rotatable bonds is 7. The number of nitrogens with zero attached hydrogens (tertiary/aromatic N) is 1. The smallest absolute Gasteiger partial charge is 0.229 e. The summed E-state index contributed by atoms with van der Waals surface area (Å²) in [5.41, 5.74) is 0.611. The van der Waals surface area contributed by atoms with Crippen LogP contribution in [0.3, 0.4) is 0 Å². The molecule has 1 aliphatic heterocycles. The molecular weight excluding hydrogens is 340 g/mol. The molecule has 0 bridgehead atoms. The SMILES string of the molecule is CC(C)CCN1CC(C(=O)Nc2ccccc2Oc2ccccc2)CC1=O. The van der Waals surface area contributed by atoms with Gasteiger partial charge in [-0.15, -0.1) is 0 Å². The molecule has 0 aromatic heterocycles. The van der Waals surface area contributed by atoms with Crippen molar-refractivity contribution in [3.05, 3.63) is 54.6 Å². The number of anilines is 1. The van der Waals surface area contributed by atoms with E-state index in [4.69, 9.17) is 4.74 Å². The van der Waals surface area contributed by atoms with Crippen LogP contribution >= 0.6 is 0 Å². The normalized spacial score (nSPS) is 16.6. The fourth-order valence-electron chi connectivity index (χ4n) is 3.09. The van der Waals surface area contributed by atoms with Gasteiger partial charge in [0.15, 0.2) is 5.75 Å². The molecular formula is C22H26N2O3. The van der Waals surface area contributed by atoms with Gasteiger partial charge in [0.2, 0.25) is 11.8 Å². The summed E-state index contributed by atoms with van der Waals surface area (Å²) in [6, 6.07) is 16.8. The van der Waals surface area contributed by atoms with E-state index < -0.39 is 0 Å². The lowest BCUT2D eigenvalue weighted by Crippen LogP contribution is -2.29. The maximum Gasteiger partial charge on any atom is 0.229 e. The first-order chi connectivity index (χ1) is 13.0. The summed E-state index contributed by atoms with van der Waals surface area (Å²) in [6.45, 7) is 5.47. The second-order valence-electron chi connectivity index (χ2n) is 7.32. The highest BCUT2D eigenvalue weighted by molar-refractivity contribution is 5.98. The Balaban J connectivity index is 1.64. The number of amides is 2. The van der Waals surface area contributed by atoms with Crippen molar-refractivity contribution in [2.45, 2.75) is 26.7 Å². The number of likely N-dealkylation sites (tertiary alicyclic amines) is 1. The van der Waals surface area contributed by atoms with Crippen LogP contribution in [0.25, 0.3) is 0 Å². The van der Waals surface area contributed by atoms with Crippen LogP contribution in [0.4, 0.5) is 5.69 Å². The second kappa shape index (κ2) is 8.71. The molecule has 2 amide bonds. The third-order valence-electron chi connectivity index (χ3n) is 4.68. The molecule has 2 aromatic carbocycles. The average molecular weight is 366 g/mol. The van der Waals surface area contributed by atoms with Gasteiger partial charge in [-0.05, 0) is 36.6 Å². The Hall–Kier alpha value is -2.82. The zero-order valence-corrected chi connectivity index (χ0v) is 15.9. The summed E-state index contributed by atoms with van der Waals surface area (Å²) in [5, 5.41) is 2.94. The van der Waals surface area contributed by atoms with E-state index in [9.17, 15) is 9.59 Å². The van der Waals surface area contributed by atoms with E-state index in [0.29, 0.717) is 36.2 Å². The molecule has 1 saturated heterocycles. The topological polar surface area (TPSA) is 58.6 Å². The van der Waals surface area contributed by atoms with Crippen molar-refractivity contribution in [2.24, 2.45) is 11.8 Å². The van der Waals surface area contributed by atoms with Crippen LogP contribution in [0, 0.1) is 11.8 Å². The first-order valence-corrected chi connectivity index (χ1v) is 9.43. The van der Waals surface area contributed by atoms with Gasteiger partial charge in [0.25, 0.3) is 0 Å². The number of ether oxygens (including phenoxy) is 1. The molecule has 1 N–H and O–H groups in total. The summed E-state index contributed by atoms with van der Waals surface area (Å²) in [5.74, 6) is 1.42. The predicted octanol–water partition coefficient (Wildman–Crippen LogP) is 4.31. The third kappa shape index (κ3) is 5.09. The number of nitrogens with one attached hydrogen (secondary N) is 1. The molecule has 0 radical (unpaired) electrons. The van der Waals surface area contributed by atoms with Gasteiger partial charge in [-0.2, -0.15) is 0 Å². The molecule has 1 atom stereocenters. The van der Waals surface area contributed by atoms with Crippen molar-refractivity contribution in [3.8, 4) is 11.5 Å². The number of carbonyl (C=O) groups excluding carboxylic acids is 2. The number of benzene rings is 2. The molecule has 0 aliphatic carbocycles. The van der Waals surface area contributed by atoms with Gasteiger partial charge in [-0.25, -0.2) is 0 Å². The van der Waals surface area contributed by atoms with Crippen molar-refractivity contribution < 1.29 is 14.3 Å². The van der Waals surface area contributed by atoms with Crippen LogP contribution < -0.4 is 10.1 Å². The van der Waals surface area contributed by atoms with Crippen molar-refractivity contribution in [1.29, 1.82) is 0 Å². The largest absolute Gasteiger partial charge is 0.455 e. The highest BCUT2D eigenvalue weighted by atomic mass is 16.5. The van der Waals surface area contributed by atoms with E-state index in [1.54, 1.807) is 4.90 Å². The molecule has 27 heavy (non-hydrogen) atoms. The van der Waals surface area contributed by atoms with Crippen LogP contribution in [0.2, 0.25) is 0 Å².